The zero-order valence-corrected chi connectivity index (χ0v) is 14.8. The first kappa shape index (κ1) is 19.4. The Morgan fingerprint density at radius 1 is 1.08 bits per heavy atom. The fourth-order valence-electron chi connectivity index (χ4n) is 2.12. The van der Waals surface area contributed by atoms with Crippen LogP contribution in [0.25, 0.3) is 0 Å². The van der Waals surface area contributed by atoms with Gasteiger partial charge in [-0.3, -0.25) is 4.79 Å². The van der Waals surface area contributed by atoms with Crippen LogP contribution in [0.1, 0.15) is 36.2 Å². The second kappa shape index (κ2) is 9.56. The van der Waals surface area contributed by atoms with Gasteiger partial charge in [-0.2, -0.15) is 0 Å². The number of amides is 1. The second-order valence-corrected chi connectivity index (χ2v) is 5.76. The van der Waals surface area contributed by atoms with Crippen molar-refractivity contribution in [1.29, 1.82) is 0 Å². The van der Waals surface area contributed by atoms with Gasteiger partial charge in [0.15, 0.2) is 6.10 Å². The first-order valence-electron chi connectivity index (χ1n) is 8.45. The molecule has 138 valence electrons. The average Bonchev–Trinajstić information content (AvgIpc) is 2.66. The predicted octanol–water partition coefficient (Wildman–Crippen LogP) is 3.48. The van der Waals surface area contributed by atoms with Crippen LogP contribution >= 0.6 is 0 Å². The van der Waals surface area contributed by atoms with Crippen LogP contribution in [0, 0.1) is 5.82 Å². The Labute approximate surface area is 152 Å². The molecule has 1 atom stereocenters. The molecule has 0 aliphatic heterocycles. The van der Waals surface area contributed by atoms with E-state index in [0.29, 0.717) is 17.9 Å². The van der Waals surface area contributed by atoms with E-state index in [1.165, 1.54) is 19.1 Å². The molecule has 0 fully saturated rings. The number of halogens is 1. The number of hydrogen-bond donors (Lipinski definition) is 1. The van der Waals surface area contributed by atoms with Gasteiger partial charge in [0.2, 0.25) is 0 Å². The molecule has 2 aromatic rings. The molecule has 2 aromatic carbocycles. The molecule has 0 bridgehead atoms. The van der Waals surface area contributed by atoms with Gasteiger partial charge in [0.25, 0.3) is 5.91 Å². The van der Waals surface area contributed by atoms with E-state index in [-0.39, 0.29) is 12.4 Å². The van der Waals surface area contributed by atoms with E-state index in [9.17, 15) is 14.0 Å². The summed E-state index contributed by atoms with van der Waals surface area (Å²) in [6.07, 6.45) is -0.0482. The van der Waals surface area contributed by atoms with Gasteiger partial charge in [-0.1, -0.05) is 19.1 Å². The number of ether oxygens (including phenoxy) is 2. The molecule has 2 rings (SSSR count). The molecule has 1 N–H and O–H groups in total. The molecule has 0 aliphatic rings. The van der Waals surface area contributed by atoms with E-state index in [0.717, 1.165) is 12.0 Å². The van der Waals surface area contributed by atoms with Gasteiger partial charge in [0.1, 0.15) is 11.6 Å². The van der Waals surface area contributed by atoms with Crippen LogP contribution in [0.15, 0.2) is 48.5 Å². The molecule has 0 saturated carbocycles. The molecule has 0 saturated heterocycles. The lowest BCUT2D eigenvalue weighted by Gasteiger charge is -2.14. The number of rotatable bonds is 8. The Balaban J connectivity index is 1.83. The highest BCUT2D eigenvalue weighted by Gasteiger charge is 2.18. The summed E-state index contributed by atoms with van der Waals surface area (Å²) in [7, 11) is 0. The Morgan fingerprint density at radius 3 is 2.35 bits per heavy atom. The Hall–Kier alpha value is -2.89. The molecule has 0 unspecified atom stereocenters. The van der Waals surface area contributed by atoms with Gasteiger partial charge in [-0.05, 0) is 55.3 Å². The van der Waals surface area contributed by atoms with Crippen LogP contribution < -0.4 is 10.1 Å². The predicted molar refractivity (Wildman–Crippen MR) is 95.4 cm³/mol. The smallest absolute Gasteiger partial charge is 0.338 e. The van der Waals surface area contributed by atoms with Crippen molar-refractivity contribution >= 4 is 11.9 Å². The lowest BCUT2D eigenvalue weighted by molar-refractivity contribution is -0.129. The van der Waals surface area contributed by atoms with Crippen molar-refractivity contribution in [2.24, 2.45) is 0 Å². The van der Waals surface area contributed by atoms with E-state index >= 15 is 0 Å². The van der Waals surface area contributed by atoms with E-state index < -0.39 is 18.0 Å². The van der Waals surface area contributed by atoms with Crippen LogP contribution in [0.3, 0.4) is 0 Å². The van der Waals surface area contributed by atoms with Gasteiger partial charge < -0.3 is 14.8 Å². The van der Waals surface area contributed by atoms with E-state index in [1.807, 2.05) is 6.92 Å². The molecule has 26 heavy (non-hydrogen) atoms. The summed E-state index contributed by atoms with van der Waals surface area (Å²) in [5.41, 5.74) is 1.09. The van der Waals surface area contributed by atoms with Crippen LogP contribution in [-0.4, -0.2) is 24.6 Å². The van der Waals surface area contributed by atoms with Gasteiger partial charge in [0, 0.05) is 6.54 Å². The van der Waals surface area contributed by atoms with E-state index in [4.69, 9.17) is 9.47 Å². The maximum absolute atomic E-state index is 12.9. The number of benzene rings is 2. The second-order valence-electron chi connectivity index (χ2n) is 5.76. The molecular formula is C20H22FNO4. The van der Waals surface area contributed by atoms with Gasteiger partial charge in [-0.25, -0.2) is 9.18 Å². The van der Waals surface area contributed by atoms with Gasteiger partial charge in [0.05, 0.1) is 12.2 Å². The Bertz CT molecular complexity index is 728. The maximum Gasteiger partial charge on any atom is 0.338 e. The summed E-state index contributed by atoms with van der Waals surface area (Å²) < 4.78 is 23.5. The molecule has 1 amide bonds. The Morgan fingerprint density at radius 2 is 1.73 bits per heavy atom. The molecule has 6 heteroatoms. The molecule has 0 radical (unpaired) electrons. The topological polar surface area (TPSA) is 64.6 Å². The SMILES string of the molecule is CCCOc1ccc(C(=O)O[C@@H](C)C(=O)NCc2ccc(F)cc2)cc1. The Kier molecular flexibility index (Phi) is 7.14. The molecule has 0 heterocycles. The third-order valence-electron chi connectivity index (χ3n) is 3.60. The number of hydrogen-bond acceptors (Lipinski definition) is 4. The van der Waals surface area contributed by atoms with Crippen molar-refractivity contribution in [2.75, 3.05) is 6.61 Å². The molecule has 0 spiro atoms. The minimum Gasteiger partial charge on any atom is -0.494 e. The quantitative estimate of drug-likeness (QED) is 0.733. The van der Waals surface area contributed by atoms with Crippen molar-refractivity contribution in [2.45, 2.75) is 32.9 Å². The first-order valence-corrected chi connectivity index (χ1v) is 8.45. The average molecular weight is 359 g/mol. The summed E-state index contributed by atoms with van der Waals surface area (Å²) in [4.78, 5) is 24.2. The normalized spacial score (nSPS) is 11.5. The van der Waals surface area contributed by atoms with Crippen molar-refractivity contribution in [1.82, 2.24) is 5.32 Å². The summed E-state index contributed by atoms with van der Waals surface area (Å²) in [5.74, 6) is -0.677. The molecular weight excluding hydrogens is 337 g/mol. The van der Waals surface area contributed by atoms with Crippen molar-refractivity contribution in [3.05, 3.63) is 65.5 Å². The van der Waals surface area contributed by atoms with E-state index in [2.05, 4.69) is 5.32 Å². The summed E-state index contributed by atoms with van der Waals surface area (Å²) in [6.45, 7) is 4.34. The summed E-state index contributed by atoms with van der Waals surface area (Å²) >= 11 is 0. The van der Waals surface area contributed by atoms with Crippen LogP contribution in [-0.2, 0) is 16.1 Å². The highest BCUT2D eigenvalue weighted by Crippen LogP contribution is 2.14. The zero-order valence-electron chi connectivity index (χ0n) is 14.8. The first-order chi connectivity index (χ1) is 12.5. The highest BCUT2D eigenvalue weighted by molar-refractivity contribution is 5.92. The standard InChI is InChI=1S/C20H22FNO4/c1-3-12-25-18-10-6-16(7-11-18)20(24)26-14(2)19(23)22-13-15-4-8-17(21)9-5-15/h4-11,14H,3,12-13H2,1-2H3,(H,22,23)/t14-/m0/s1. The third-order valence-corrected chi connectivity index (χ3v) is 3.60. The molecule has 5 nitrogen and oxygen atoms in total. The summed E-state index contributed by atoms with van der Waals surface area (Å²) in [5, 5.41) is 2.65. The minimum absolute atomic E-state index is 0.227. The summed E-state index contributed by atoms with van der Waals surface area (Å²) in [6, 6.07) is 12.4. The highest BCUT2D eigenvalue weighted by atomic mass is 19.1. The van der Waals surface area contributed by atoms with E-state index in [1.54, 1.807) is 36.4 Å². The fourth-order valence-corrected chi connectivity index (χ4v) is 2.12. The maximum atomic E-state index is 12.9. The largest absolute Gasteiger partial charge is 0.494 e. The van der Waals surface area contributed by atoms with Gasteiger partial charge in [-0.15, -0.1) is 0 Å². The third kappa shape index (κ3) is 5.88. The lowest BCUT2D eigenvalue weighted by atomic mass is 10.2. The van der Waals surface area contributed by atoms with Crippen molar-refractivity contribution in [3.8, 4) is 5.75 Å². The van der Waals surface area contributed by atoms with Crippen molar-refractivity contribution < 1.29 is 23.5 Å². The zero-order chi connectivity index (χ0) is 18.9. The number of nitrogens with one attached hydrogen (secondary N) is 1. The van der Waals surface area contributed by atoms with Crippen molar-refractivity contribution in [3.63, 3.8) is 0 Å². The number of carbonyl (C=O) groups excluding carboxylic acids is 2. The van der Waals surface area contributed by atoms with Crippen LogP contribution in [0.4, 0.5) is 4.39 Å². The fraction of sp³-hybridized carbons (Fsp3) is 0.300. The molecule has 0 aliphatic carbocycles. The number of carbonyl (C=O) groups is 2. The monoisotopic (exact) mass is 359 g/mol. The van der Waals surface area contributed by atoms with Crippen LogP contribution in [0.2, 0.25) is 0 Å². The van der Waals surface area contributed by atoms with Crippen LogP contribution in [0.5, 0.6) is 5.75 Å². The lowest BCUT2D eigenvalue weighted by Crippen LogP contribution is -2.35. The number of esters is 1. The van der Waals surface area contributed by atoms with Gasteiger partial charge >= 0.3 is 5.97 Å². The minimum atomic E-state index is -0.945. The molecule has 0 aromatic heterocycles.